The summed E-state index contributed by atoms with van der Waals surface area (Å²) in [5.74, 6) is 0. The van der Waals surface area contributed by atoms with Crippen LogP contribution in [0.2, 0.25) is 5.15 Å². The fourth-order valence-electron chi connectivity index (χ4n) is 0.204. The Labute approximate surface area is 45.4 Å². The van der Waals surface area contributed by atoms with Crippen LogP contribution in [0.25, 0.3) is 0 Å². The minimum atomic E-state index is 0.291. The van der Waals surface area contributed by atoms with E-state index in [-0.39, 0.29) is 0 Å². The molecule has 1 heterocycles. The Bertz CT molecular complexity index is 140. The van der Waals surface area contributed by atoms with Crippen LogP contribution in [0.15, 0.2) is 6.20 Å². The monoisotopic (exact) mass is 114 g/mol. The number of nitrogens with zero attached hydrogens (tertiary/aromatic N) is 3. The molecule has 0 unspecified atom stereocenters. The minimum absolute atomic E-state index is 0.291. The van der Waals surface area contributed by atoms with E-state index < -0.39 is 0 Å². The Morgan fingerprint density at radius 1 is 1.71 bits per heavy atom. The zero-order valence-corrected chi connectivity index (χ0v) is 4.05. The molecule has 0 aliphatic heterocycles. The van der Waals surface area contributed by atoms with E-state index in [0.29, 0.717) is 5.15 Å². The van der Waals surface area contributed by atoms with Gasteiger partial charge in [-0.15, -0.1) is 10.2 Å². The molecular weight excluding hydrogens is 114 g/mol. The fraction of sp³-hybridized carbons (Fsp3) is 0. The van der Waals surface area contributed by atoms with E-state index in [1.807, 2.05) is 0 Å². The third-order valence-electron chi connectivity index (χ3n) is 0.419. The maximum Gasteiger partial charge on any atom is 0.221 e. The molecule has 3 nitrogen and oxygen atoms in total. The van der Waals surface area contributed by atoms with Crippen LogP contribution in [0.5, 0.6) is 0 Å². The quantitative estimate of drug-likeness (QED) is 0.488. The van der Waals surface area contributed by atoms with Gasteiger partial charge in [-0.3, -0.25) is 0 Å². The van der Waals surface area contributed by atoms with Crippen molar-refractivity contribution in [1.29, 1.82) is 0 Å². The molecule has 1 aromatic rings. The second-order valence-electron chi connectivity index (χ2n) is 0.881. The van der Waals surface area contributed by atoms with E-state index in [2.05, 4.69) is 21.5 Å². The Kier molecular flexibility index (Phi) is 1.17. The summed E-state index contributed by atoms with van der Waals surface area (Å²) in [5.41, 5.74) is 0. The van der Waals surface area contributed by atoms with Gasteiger partial charge in [-0.1, -0.05) is 11.6 Å². The summed E-state index contributed by atoms with van der Waals surface area (Å²) in [6, 6.07) is 0. The van der Waals surface area contributed by atoms with Crippen LogP contribution >= 0.6 is 11.6 Å². The molecule has 7 heavy (non-hydrogen) atoms. The first-order chi connectivity index (χ1) is 3.39. The topological polar surface area (TPSA) is 38.7 Å². The van der Waals surface area contributed by atoms with Crippen LogP contribution in [0, 0.1) is 6.33 Å². The Balaban J connectivity index is 3.02. The Morgan fingerprint density at radius 2 is 2.57 bits per heavy atom. The van der Waals surface area contributed by atoms with Gasteiger partial charge in [0, 0.05) is 0 Å². The maximum absolute atomic E-state index is 5.28. The molecule has 0 saturated carbocycles. The standard InChI is InChI=1S/C3HClN3/c4-3-1-5-2-6-7-3/h1H. The molecule has 1 radical (unpaired) electrons. The third kappa shape index (κ3) is 1.08. The fourth-order valence-corrected chi connectivity index (χ4v) is 0.290. The zero-order valence-electron chi connectivity index (χ0n) is 3.30. The average Bonchev–Trinajstić information content (AvgIpc) is 1.69. The zero-order chi connectivity index (χ0) is 5.11. The summed E-state index contributed by atoms with van der Waals surface area (Å²) in [5, 5.41) is 6.93. The molecule has 0 aliphatic rings. The lowest BCUT2D eigenvalue weighted by Crippen LogP contribution is -1.80. The minimum Gasteiger partial charge on any atom is -0.229 e. The highest BCUT2D eigenvalue weighted by molar-refractivity contribution is 6.29. The van der Waals surface area contributed by atoms with Gasteiger partial charge >= 0.3 is 0 Å². The first kappa shape index (κ1) is 4.46. The first-order valence-electron chi connectivity index (χ1n) is 1.61. The van der Waals surface area contributed by atoms with Crippen molar-refractivity contribution in [2.45, 2.75) is 0 Å². The lowest BCUT2D eigenvalue weighted by Gasteiger charge is -1.76. The molecule has 4 heteroatoms. The van der Waals surface area contributed by atoms with Crippen LogP contribution in [0.1, 0.15) is 0 Å². The van der Waals surface area contributed by atoms with Crippen molar-refractivity contribution in [3.63, 3.8) is 0 Å². The SMILES string of the molecule is Clc1cn[c]nn1. The molecule has 0 N–H and O–H groups in total. The molecule has 1 rings (SSSR count). The van der Waals surface area contributed by atoms with E-state index in [1.165, 1.54) is 6.20 Å². The van der Waals surface area contributed by atoms with Crippen molar-refractivity contribution in [1.82, 2.24) is 15.2 Å². The van der Waals surface area contributed by atoms with E-state index in [1.54, 1.807) is 0 Å². The van der Waals surface area contributed by atoms with Gasteiger partial charge in [0.25, 0.3) is 0 Å². The summed E-state index contributed by atoms with van der Waals surface area (Å²) in [6.45, 7) is 0. The van der Waals surface area contributed by atoms with E-state index in [4.69, 9.17) is 11.6 Å². The highest BCUT2D eigenvalue weighted by Gasteiger charge is 1.80. The predicted molar refractivity (Wildman–Crippen MR) is 23.7 cm³/mol. The van der Waals surface area contributed by atoms with Gasteiger partial charge in [-0.05, 0) is 0 Å². The molecule has 0 aromatic carbocycles. The molecule has 0 atom stereocenters. The first-order valence-corrected chi connectivity index (χ1v) is 1.98. The second kappa shape index (κ2) is 1.84. The molecule has 0 spiro atoms. The Morgan fingerprint density at radius 3 is 2.86 bits per heavy atom. The number of halogens is 1. The van der Waals surface area contributed by atoms with Crippen molar-refractivity contribution < 1.29 is 0 Å². The molecule has 0 saturated heterocycles. The predicted octanol–water partition coefficient (Wildman–Crippen LogP) is 0.325. The van der Waals surface area contributed by atoms with E-state index >= 15 is 0 Å². The number of hydrogen-bond donors (Lipinski definition) is 0. The summed E-state index contributed by atoms with van der Waals surface area (Å²) in [7, 11) is 0. The van der Waals surface area contributed by atoms with Crippen molar-refractivity contribution in [3.05, 3.63) is 17.7 Å². The van der Waals surface area contributed by atoms with Crippen molar-refractivity contribution >= 4 is 11.6 Å². The number of hydrogen-bond acceptors (Lipinski definition) is 3. The molecule has 0 bridgehead atoms. The molecule has 0 aliphatic carbocycles. The average molecular weight is 115 g/mol. The number of rotatable bonds is 0. The Hall–Kier alpha value is -0.700. The van der Waals surface area contributed by atoms with Gasteiger partial charge in [0.2, 0.25) is 6.33 Å². The molecule has 35 valence electrons. The lowest BCUT2D eigenvalue weighted by atomic mass is 10.9. The van der Waals surface area contributed by atoms with Gasteiger partial charge in [0.15, 0.2) is 5.15 Å². The normalized spacial score (nSPS) is 8.71. The van der Waals surface area contributed by atoms with Crippen LogP contribution in [-0.4, -0.2) is 15.2 Å². The van der Waals surface area contributed by atoms with Gasteiger partial charge in [-0.25, -0.2) is 4.98 Å². The van der Waals surface area contributed by atoms with Gasteiger partial charge in [0.05, 0.1) is 6.20 Å². The van der Waals surface area contributed by atoms with Crippen LogP contribution < -0.4 is 0 Å². The summed E-state index contributed by atoms with van der Waals surface area (Å²) < 4.78 is 0. The highest BCUT2D eigenvalue weighted by Crippen LogP contribution is 1.93. The highest BCUT2D eigenvalue weighted by atomic mass is 35.5. The summed E-state index contributed by atoms with van der Waals surface area (Å²) >= 11 is 5.28. The second-order valence-corrected chi connectivity index (χ2v) is 1.27. The van der Waals surface area contributed by atoms with E-state index in [9.17, 15) is 0 Å². The summed E-state index contributed by atoms with van der Waals surface area (Å²) in [6.07, 6.45) is 3.61. The third-order valence-corrected chi connectivity index (χ3v) is 0.592. The molecule has 1 aromatic heterocycles. The van der Waals surface area contributed by atoms with Gasteiger partial charge in [-0.2, -0.15) is 0 Å². The van der Waals surface area contributed by atoms with Gasteiger partial charge in [0.1, 0.15) is 0 Å². The summed E-state index contributed by atoms with van der Waals surface area (Å²) in [4.78, 5) is 3.45. The largest absolute Gasteiger partial charge is 0.229 e. The molecule has 0 fully saturated rings. The molecule has 0 amide bonds. The van der Waals surface area contributed by atoms with Crippen molar-refractivity contribution in [2.75, 3.05) is 0 Å². The van der Waals surface area contributed by atoms with Crippen LogP contribution in [0.4, 0.5) is 0 Å². The van der Waals surface area contributed by atoms with Crippen molar-refractivity contribution in [3.8, 4) is 0 Å². The molecular formula is C3HClN3. The van der Waals surface area contributed by atoms with Crippen LogP contribution in [0.3, 0.4) is 0 Å². The number of aromatic nitrogens is 3. The van der Waals surface area contributed by atoms with Crippen LogP contribution in [-0.2, 0) is 0 Å². The van der Waals surface area contributed by atoms with Crippen molar-refractivity contribution in [2.24, 2.45) is 0 Å². The van der Waals surface area contributed by atoms with E-state index in [0.717, 1.165) is 0 Å². The van der Waals surface area contributed by atoms with Gasteiger partial charge < -0.3 is 0 Å². The maximum atomic E-state index is 5.28. The lowest BCUT2D eigenvalue weighted by molar-refractivity contribution is 0.958. The smallest absolute Gasteiger partial charge is 0.221 e.